The van der Waals surface area contributed by atoms with Gasteiger partial charge in [-0.15, -0.1) is 11.3 Å². The van der Waals surface area contributed by atoms with E-state index in [2.05, 4.69) is 23.4 Å². The first-order valence-electron chi connectivity index (χ1n) is 6.19. The molecule has 0 saturated carbocycles. The SMILES string of the molecule is CCNC(c1sccc1Cl)c1cnn2ccccc12. The molecule has 0 aliphatic rings. The van der Waals surface area contributed by atoms with Gasteiger partial charge in [-0.25, -0.2) is 4.52 Å². The summed E-state index contributed by atoms with van der Waals surface area (Å²) in [4.78, 5) is 1.14. The minimum absolute atomic E-state index is 0.0948. The topological polar surface area (TPSA) is 29.3 Å². The molecule has 0 radical (unpaired) electrons. The van der Waals surface area contributed by atoms with Crippen LogP contribution in [0.3, 0.4) is 0 Å². The van der Waals surface area contributed by atoms with E-state index in [1.54, 1.807) is 11.3 Å². The Morgan fingerprint density at radius 2 is 2.32 bits per heavy atom. The van der Waals surface area contributed by atoms with Crippen molar-refractivity contribution >= 4 is 28.5 Å². The van der Waals surface area contributed by atoms with Crippen LogP contribution < -0.4 is 5.32 Å². The summed E-state index contributed by atoms with van der Waals surface area (Å²) in [6.45, 7) is 2.98. The highest BCUT2D eigenvalue weighted by Crippen LogP contribution is 2.34. The van der Waals surface area contributed by atoms with Crippen LogP contribution in [0.25, 0.3) is 5.52 Å². The molecular weight excluding hydrogens is 278 g/mol. The van der Waals surface area contributed by atoms with Gasteiger partial charge in [-0.2, -0.15) is 5.10 Å². The van der Waals surface area contributed by atoms with E-state index < -0.39 is 0 Å². The molecule has 0 saturated heterocycles. The molecule has 0 bridgehead atoms. The van der Waals surface area contributed by atoms with Crippen molar-refractivity contribution in [2.45, 2.75) is 13.0 Å². The van der Waals surface area contributed by atoms with E-state index in [0.29, 0.717) is 0 Å². The fourth-order valence-electron chi connectivity index (χ4n) is 2.24. The quantitative estimate of drug-likeness (QED) is 0.793. The highest BCUT2D eigenvalue weighted by molar-refractivity contribution is 7.10. The Hall–Kier alpha value is -1.36. The van der Waals surface area contributed by atoms with E-state index in [1.165, 1.54) is 0 Å². The lowest BCUT2D eigenvalue weighted by Gasteiger charge is -2.16. The molecule has 0 aromatic carbocycles. The second kappa shape index (κ2) is 5.33. The van der Waals surface area contributed by atoms with E-state index in [-0.39, 0.29) is 6.04 Å². The molecule has 19 heavy (non-hydrogen) atoms. The molecule has 0 fully saturated rings. The number of aromatic nitrogens is 2. The van der Waals surface area contributed by atoms with Gasteiger partial charge in [0, 0.05) is 16.6 Å². The van der Waals surface area contributed by atoms with Crippen LogP contribution in [0.15, 0.2) is 42.0 Å². The summed E-state index contributed by atoms with van der Waals surface area (Å²) in [7, 11) is 0. The summed E-state index contributed by atoms with van der Waals surface area (Å²) in [6.07, 6.45) is 3.87. The van der Waals surface area contributed by atoms with Crippen LogP contribution in [0.1, 0.15) is 23.4 Å². The highest BCUT2D eigenvalue weighted by atomic mass is 35.5. The predicted octanol–water partition coefficient (Wildman–Crippen LogP) is 3.75. The fraction of sp³-hybridized carbons (Fsp3) is 0.214. The molecule has 0 aliphatic heterocycles. The van der Waals surface area contributed by atoms with Crippen molar-refractivity contribution in [3.8, 4) is 0 Å². The molecule has 3 rings (SSSR count). The van der Waals surface area contributed by atoms with E-state index in [9.17, 15) is 0 Å². The number of fused-ring (bicyclic) bond motifs is 1. The molecular formula is C14H14ClN3S. The van der Waals surface area contributed by atoms with Gasteiger partial charge in [0.2, 0.25) is 0 Å². The number of pyridine rings is 1. The van der Waals surface area contributed by atoms with Crippen LogP contribution in [0.5, 0.6) is 0 Å². The van der Waals surface area contributed by atoms with Gasteiger partial charge in [-0.3, -0.25) is 0 Å². The van der Waals surface area contributed by atoms with Crippen molar-refractivity contribution in [1.82, 2.24) is 14.9 Å². The van der Waals surface area contributed by atoms with Crippen molar-refractivity contribution in [2.24, 2.45) is 0 Å². The van der Waals surface area contributed by atoms with Crippen molar-refractivity contribution in [3.05, 3.63) is 57.5 Å². The standard InChI is InChI=1S/C14H14ClN3S/c1-2-16-13(14-11(15)6-8-19-14)10-9-17-18-7-4-3-5-12(10)18/h3-9,13,16H,2H2,1H3. The number of nitrogens with one attached hydrogen (secondary N) is 1. The number of hydrogen-bond acceptors (Lipinski definition) is 3. The molecule has 1 N–H and O–H groups in total. The molecule has 0 amide bonds. The first-order valence-corrected chi connectivity index (χ1v) is 7.45. The maximum Gasteiger partial charge on any atom is 0.0723 e. The maximum atomic E-state index is 6.28. The lowest BCUT2D eigenvalue weighted by Crippen LogP contribution is -2.21. The second-order valence-corrected chi connectivity index (χ2v) is 5.61. The number of rotatable bonds is 4. The molecule has 98 valence electrons. The molecule has 3 heterocycles. The van der Waals surface area contributed by atoms with Crippen LogP contribution in [-0.2, 0) is 0 Å². The predicted molar refractivity (Wildman–Crippen MR) is 80.0 cm³/mol. The fourth-order valence-corrected chi connectivity index (χ4v) is 3.49. The van der Waals surface area contributed by atoms with Crippen LogP contribution >= 0.6 is 22.9 Å². The molecule has 0 spiro atoms. The molecule has 3 nitrogen and oxygen atoms in total. The average molecular weight is 292 g/mol. The number of nitrogens with zero attached hydrogens (tertiary/aromatic N) is 2. The number of thiophene rings is 1. The molecule has 1 atom stereocenters. The normalized spacial score (nSPS) is 12.9. The Labute approximate surface area is 120 Å². The average Bonchev–Trinajstić information content (AvgIpc) is 3.03. The first-order chi connectivity index (χ1) is 9.31. The largest absolute Gasteiger partial charge is 0.306 e. The van der Waals surface area contributed by atoms with E-state index in [4.69, 9.17) is 11.6 Å². The zero-order valence-corrected chi connectivity index (χ0v) is 12.1. The van der Waals surface area contributed by atoms with Gasteiger partial charge in [-0.05, 0) is 30.1 Å². The van der Waals surface area contributed by atoms with E-state index in [0.717, 1.165) is 27.5 Å². The Morgan fingerprint density at radius 1 is 1.42 bits per heavy atom. The van der Waals surface area contributed by atoms with Crippen molar-refractivity contribution < 1.29 is 0 Å². The van der Waals surface area contributed by atoms with Gasteiger partial charge in [0.15, 0.2) is 0 Å². The van der Waals surface area contributed by atoms with E-state index >= 15 is 0 Å². The van der Waals surface area contributed by atoms with Gasteiger partial charge in [-0.1, -0.05) is 24.6 Å². The summed E-state index contributed by atoms with van der Waals surface area (Å²) in [5.74, 6) is 0. The van der Waals surface area contributed by atoms with Gasteiger partial charge in [0.1, 0.15) is 0 Å². The third-order valence-corrected chi connectivity index (χ3v) is 4.51. The first kappa shape index (κ1) is 12.7. The lowest BCUT2D eigenvalue weighted by atomic mass is 10.1. The van der Waals surface area contributed by atoms with Crippen molar-refractivity contribution in [3.63, 3.8) is 0 Å². The Kier molecular flexibility index (Phi) is 3.55. The third kappa shape index (κ3) is 2.27. The Balaban J connectivity index is 2.12. The Morgan fingerprint density at radius 3 is 3.05 bits per heavy atom. The molecule has 5 heteroatoms. The van der Waals surface area contributed by atoms with Gasteiger partial charge in [0.25, 0.3) is 0 Å². The smallest absolute Gasteiger partial charge is 0.0723 e. The summed E-state index contributed by atoms with van der Waals surface area (Å²) >= 11 is 7.95. The summed E-state index contributed by atoms with van der Waals surface area (Å²) < 4.78 is 1.89. The third-order valence-electron chi connectivity index (χ3n) is 3.08. The Bertz CT molecular complexity index is 689. The monoisotopic (exact) mass is 291 g/mol. The van der Waals surface area contributed by atoms with Crippen LogP contribution in [0, 0.1) is 0 Å². The van der Waals surface area contributed by atoms with Gasteiger partial charge < -0.3 is 5.32 Å². The van der Waals surface area contributed by atoms with Crippen LogP contribution in [0.2, 0.25) is 5.02 Å². The number of halogens is 1. The van der Waals surface area contributed by atoms with Crippen LogP contribution in [0.4, 0.5) is 0 Å². The lowest BCUT2D eigenvalue weighted by molar-refractivity contribution is 0.643. The number of hydrogen-bond donors (Lipinski definition) is 1. The summed E-state index contributed by atoms with van der Waals surface area (Å²) in [5.41, 5.74) is 2.27. The maximum absolute atomic E-state index is 6.28. The minimum atomic E-state index is 0.0948. The molecule has 1 unspecified atom stereocenters. The minimum Gasteiger partial charge on any atom is -0.306 e. The highest BCUT2D eigenvalue weighted by Gasteiger charge is 2.20. The van der Waals surface area contributed by atoms with Crippen molar-refractivity contribution in [2.75, 3.05) is 6.54 Å². The molecule has 3 aromatic rings. The summed E-state index contributed by atoms with van der Waals surface area (Å²) in [5, 5.41) is 10.7. The zero-order chi connectivity index (χ0) is 13.2. The van der Waals surface area contributed by atoms with Gasteiger partial charge in [0.05, 0.1) is 22.8 Å². The van der Waals surface area contributed by atoms with E-state index in [1.807, 2.05) is 40.5 Å². The zero-order valence-electron chi connectivity index (χ0n) is 10.5. The molecule has 0 aliphatic carbocycles. The summed E-state index contributed by atoms with van der Waals surface area (Å²) in [6, 6.07) is 8.12. The second-order valence-electron chi connectivity index (χ2n) is 4.25. The van der Waals surface area contributed by atoms with Crippen molar-refractivity contribution in [1.29, 1.82) is 0 Å². The van der Waals surface area contributed by atoms with Gasteiger partial charge >= 0.3 is 0 Å². The van der Waals surface area contributed by atoms with Crippen LogP contribution in [-0.4, -0.2) is 16.2 Å². The molecule has 3 aromatic heterocycles.